The molecule has 0 fully saturated rings. The monoisotopic (exact) mass is 285 g/mol. The van der Waals surface area contributed by atoms with Crippen molar-refractivity contribution < 1.29 is 14.5 Å². The first kappa shape index (κ1) is 15.4. The van der Waals surface area contributed by atoms with Gasteiger partial charge in [-0.3, -0.25) is 14.9 Å². The number of carbonyl (C=O) groups excluding carboxylic acids is 1. The van der Waals surface area contributed by atoms with Gasteiger partial charge in [-0.2, -0.15) is 0 Å². The van der Waals surface area contributed by atoms with E-state index < -0.39 is 22.9 Å². The van der Waals surface area contributed by atoms with Crippen LogP contribution in [-0.2, 0) is 9.53 Å². The lowest BCUT2D eigenvalue weighted by atomic mass is 9.90. The van der Waals surface area contributed by atoms with E-state index in [1.165, 1.54) is 6.92 Å². The fourth-order valence-corrected chi connectivity index (χ4v) is 1.95. The summed E-state index contributed by atoms with van der Waals surface area (Å²) in [6.07, 6.45) is -0.0163. The predicted octanol–water partition coefficient (Wildman–Crippen LogP) is 3.04. The van der Waals surface area contributed by atoms with Crippen molar-refractivity contribution in [3.63, 3.8) is 0 Å². The third-order valence-corrected chi connectivity index (χ3v) is 3.16. The maximum absolute atomic E-state index is 11.5. The molecule has 5 nitrogen and oxygen atoms in total. The minimum atomic E-state index is -0.870. The molecule has 0 saturated carbocycles. The van der Waals surface area contributed by atoms with E-state index in [9.17, 15) is 14.9 Å². The van der Waals surface area contributed by atoms with E-state index in [0.717, 1.165) is 0 Å². The molecule has 0 saturated heterocycles. The van der Waals surface area contributed by atoms with Crippen LogP contribution in [0.25, 0.3) is 0 Å². The van der Waals surface area contributed by atoms with Crippen LogP contribution in [0.2, 0.25) is 5.02 Å². The molecular weight excluding hydrogens is 270 g/mol. The van der Waals surface area contributed by atoms with E-state index in [4.69, 9.17) is 16.3 Å². The lowest BCUT2D eigenvalue weighted by Gasteiger charge is -2.18. The highest BCUT2D eigenvalue weighted by Crippen LogP contribution is 2.27. The van der Waals surface area contributed by atoms with Gasteiger partial charge in [0.2, 0.25) is 6.04 Å². The van der Waals surface area contributed by atoms with E-state index in [0.29, 0.717) is 10.6 Å². The van der Waals surface area contributed by atoms with Gasteiger partial charge in [0.15, 0.2) is 0 Å². The Labute approximate surface area is 116 Å². The normalized spacial score (nSPS) is 13.6. The second-order valence-electron chi connectivity index (χ2n) is 4.19. The summed E-state index contributed by atoms with van der Waals surface area (Å²) in [5, 5.41) is 11.5. The van der Waals surface area contributed by atoms with Gasteiger partial charge in [0.25, 0.3) is 0 Å². The Bertz CT molecular complexity index is 446. The number of halogens is 1. The minimum Gasteiger partial charge on any atom is -0.466 e. The Morgan fingerprint density at radius 3 is 2.47 bits per heavy atom. The van der Waals surface area contributed by atoms with E-state index in [1.807, 2.05) is 0 Å². The zero-order chi connectivity index (χ0) is 14.4. The molecule has 6 heteroatoms. The minimum absolute atomic E-state index is 0.0163. The van der Waals surface area contributed by atoms with Gasteiger partial charge in [-0.25, -0.2) is 0 Å². The summed E-state index contributed by atoms with van der Waals surface area (Å²) in [6, 6.07) is 5.84. The first-order valence-corrected chi connectivity index (χ1v) is 6.38. The lowest BCUT2D eigenvalue weighted by Crippen LogP contribution is -2.27. The number of hydrogen-bond acceptors (Lipinski definition) is 4. The van der Waals surface area contributed by atoms with Crippen LogP contribution in [0.1, 0.15) is 31.7 Å². The lowest BCUT2D eigenvalue weighted by molar-refractivity contribution is -0.522. The summed E-state index contributed by atoms with van der Waals surface area (Å²) in [4.78, 5) is 22.1. The average molecular weight is 286 g/mol. The van der Waals surface area contributed by atoms with Crippen molar-refractivity contribution in [1.29, 1.82) is 0 Å². The van der Waals surface area contributed by atoms with Crippen molar-refractivity contribution >= 4 is 17.6 Å². The standard InChI is InChI=1S/C13H16ClNO4/c1-3-19-13(16)8-12(9(2)15(17)18)10-4-6-11(14)7-5-10/h4-7,9,12H,3,8H2,1-2H3. The molecule has 0 heterocycles. The summed E-state index contributed by atoms with van der Waals surface area (Å²) in [5.74, 6) is -0.956. The number of nitro groups is 1. The maximum Gasteiger partial charge on any atom is 0.306 e. The van der Waals surface area contributed by atoms with Crippen molar-refractivity contribution in [3.05, 3.63) is 45.0 Å². The van der Waals surface area contributed by atoms with Crippen LogP contribution < -0.4 is 0 Å². The number of rotatable bonds is 6. The molecule has 0 N–H and O–H groups in total. The van der Waals surface area contributed by atoms with Gasteiger partial charge < -0.3 is 4.74 Å². The zero-order valence-corrected chi connectivity index (χ0v) is 11.6. The molecule has 2 atom stereocenters. The fourth-order valence-electron chi connectivity index (χ4n) is 1.82. The third kappa shape index (κ3) is 4.52. The van der Waals surface area contributed by atoms with Crippen LogP contribution >= 0.6 is 11.6 Å². The van der Waals surface area contributed by atoms with Crippen LogP contribution in [0.4, 0.5) is 0 Å². The quantitative estimate of drug-likeness (QED) is 0.457. The molecule has 1 aromatic carbocycles. The summed E-state index contributed by atoms with van der Waals surface area (Å²) in [6.45, 7) is 3.45. The molecule has 2 unspecified atom stereocenters. The van der Waals surface area contributed by atoms with Gasteiger partial charge >= 0.3 is 5.97 Å². The number of carbonyl (C=O) groups is 1. The van der Waals surface area contributed by atoms with Gasteiger partial charge in [0.1, 0.15) is 0 Å². The summed E-state index contributed by atoms with van der Waals surface area (Å²) in [5.41, 5.74) is 0.710. The average Bonchev–Trinajstić information content (AvgIpc) is 2.36. The number of hydrogen-bond donors (Lipinski definition) is 0. The highest BCUT2D eigenvalue weighted by molar-refractivity contribution is 6.30. The fraction of sp³-hybridized carbons (Fsp3) is 0.462. The number of ether oxygens (including phenoxy) is 1. The molecule has 0 aliphatic heterocycles. The molecule has 1 rings (SSSR count). The molecule has 0 amide bonds. The van der Waals surface area contributed by atoms with Crippen LogP contribution in [-0.4, -0.2) is 23.5 Å². The van der Waals surface area contributed by atoms with E-state index in [1.54, 1.807) is 31.2 Å². The topological polar surface area (TPSA) is 69.4 Å². The van der Waals surface area contributed by atoms with Crippen LogP contribution in [0.15, 0.2) is 24.3 Å². The molecule has 0 aliphatic rings. The first-order valence-electron chi connectivity index (χ1n) is 6.00. The molecule has 104 valence electrons. The van der Waals surface area contributed by atoms with Crippen molar-refractivity contribution in [2.45, 2.75) is 32.2 Å². The van der Waals surface area contributed by atoms with Gasteiger partial charge in [0.05, 0.1) is 18.9 Å². The summed E-state index contributed by atoms with van der Waals surface area (Å²) < 4.78 is 4.86. The summed E-state index contributed by atoms with van der Waals surface area (Å²) in [7, 11) is 0. The van der Waals surface area contributed by atoms with Crippen molar-refractivity contribution in [2.24, 2.45) is 0 Å². The van der Waals surface area contributed by atoms with Crippen molar-refractivity contribution in [1.82, 2.24) is 0 Å². The van der Waals surface area contributed by atoms with Crippen molar-refractivity contribution in [2.75, 3.05) is 6.61 Å². The highest BCUT2D eigenvalue weighted by Gasteiger charge is 2.30. The van der Waals surface area contributed by atoms with Gasteiger partial charge in [-0.05, 0) is 24.6 Å². The summed E-state index contributed by atoms with van der Waals surface area (Å²) >= 11 is 5.79. The molecule has 1 aromatic rings. The van der Waals surface area contributed by atoms with Gasteiger partial charge in [-0.15, -0.1) is 0 Å². The number of benzene rings is 1. The van der Waals surface area contributed by atoms with E-state index in [-0.39, 0.29) is 13.0 Å². The molecule has 0 aliphatic carbocycles. The first-order chi connectivity index (χ1) is 8.95. The predicted molar refractivity (Wildman–Crippen MR) is 71.9 cm³/mol. The number of nitrogens with zero attached hydrogens (tertiary/aromatic N) is 1. The second-order valence-corrected chi connectivity index (χ2v) is 4.63. The maximum atomic E-state index is 11.5. The third-order valence-electron chi connectivity index (χ3n) is 2.90. The van der Waals surface area contributed by atoms with Gasteiger partial charge in [-0.1, -0.05) is 23.7 Å². The molecular formula is C13H16ClNO4. The SMILES string of the molecule is CCOC(=O)CC(c1ccc(Cl)cc1)C(C)[N+](=O)[O-]. The smallest absolute Gasteiger partial charge is 0.306 e. The zero-order valence-electron chi connectivity index (χ0n) is 10.8. The number of esters is 1. The largest absolute Gasteiger partial charge is 0.466 e. The Balaban J connectivity index is 2.94. The van der Waals surface area contributed by atoms with Crippen LogP contribution in [0.3, 0.4) is 0 Å². The van der Waals surface area contributed by atoms with Crippen molar-refractivity contribution in [3.8, 4) is 0 Å². The Kier molecular flexibility index (Phi) is 5.76. The Hall–Kier alpha value is -1.62. The Morgan fingerprint density at radius 1 is 1.42 bits per heavy atom. The van der Waals surface area contributed by atoms with Crippen LogP contribution in [0, 0.1) is 10.1 Å². The molecule has 19 heavy (non-hydrogen) atoms. The molecule has 0 spiro atoms. The van der Waals surface area contributed by atoms with E-state index >= 15 is 0 Å². The Morgan fingerprint density at radius 2 is 2.00 bits per heavy atom. The second kappa shape index (κ2) is 7.09. The molecule has 0 bridgehead atoms. The van der Waals surface area contributed by atoms with E-state index in [2.05, 4.69) is 0 Å². The van der Waals surface area contributed by atoms with Gasteiger partial charge in [0, 0.05) is 16.9 Å². The van der Waals surface area contributed by atoms with Crippen LogP contribution in [0.5, 0.6) is 0 Å². The molecule has 0 radical (unpaired) electrons. The highest BCUT2D eigenvalue weighted by atomic mass is 35.5. The molecule has 0 aromatic heterocycles.